The zero-order chi connectivity index (χ0) is 21.0. The third kappa shape index (κ3) is 15.2. The van der Waals surface area contributed by atoms with Gasteiger partial charge in [0.2, 0.25) is 5.91 Å². The number of aliphatic hydroxyl groups is 1. The summed E-state index contributed by atoms with van der Waals surface area (Å²) < 4.78 is 0. The summed E-state index contributed by atoms with van der Waals surface area (Å²) in [5.74, 6) is 0.0117. The molecule has 1 rings (SSSR count). The average Bonchev–Trinajstić information content (AvgIpc) is 2.74. The van der Waals surface area contributed by atoms with E-state index in [1.165, 1.54) is 5.56 Å². The van der Waals surface area contributed by atoms with Crippen molar-refractivity contribution in [1.82, 2.24) is 5.32 Å². The molecule has 0 radical (unpaired) electrons. The summed E-state index contributed by atoms with van der Waals surface area (Å²) >= 11 is 0. The fourth-order valence-electron chi connectivity index (χ4n) is 2.72. The van der Waals surface area contributed by atoms with E-state index in [9.17, 15) is 4.79 Å². The van der Waals surface area contributed by atoms with E-state index in [-0.39, 0.29) is 18.6 Å². The summed E-state index contributed by atoms with van der Waals surface area (Å²) in [5, 5.41) is 11.6. The first-order chi connectivity index (χ1) is 14.2. The number of carbonyl (C=O) groups excluding carboxylic acids is 1. The first-order valence-electron chi connectivity index (χ1n) is 10.8. The van der Waals surface area contributed by atoms with Crippen LogP contribution in [0.1, 0.15) is 57.4 Å². The first-order valence-corrected chi connectivity index (χ1v) is 10.8. The van der Waals surface area contributed by atoms with Crippen molar-refractivity contribution in [2.24, 2.45) is 0 Å². The predicted molar refractivity (Wildman–Crippen MR) is 124 cm³/mol. The zero-order valence-corrected chi connectivity index (χ0v) is 17.8. The summed E-state index contributed by atoms with van der Waals surface area (Å²) in [5.41, 5.74) is 1.39. The lowest BCUT2D eigenvalue weighted by atomic mass is 10.1. The predicted octanol–water partition coefficient (Wildman–Crippen LogP) is 5.68. The van der Waals surface area contributed by atoms with Gasteiger partial charge < -0.3 is 10.4 Å². The Balaban J connectivity index is 1.95. The highest BCUT2D eigenvalue weighted by atomic mass is 16.3. The Morgan fingerprint density at radius 1 is 0.897 bits per heavy atom. The number of benzene rings is 1. The normalized spacial score (nSPS) is 13.2. The van der Waals surface area contributed by atoms with Gasteiger partial charge >= 0.3 is 0 Å². The molecule has 1 atom stereocenters. The number of nitrogens with one attached hydrogen (secondary N) is 1. The lowest BCUT2D eigenvalue weighted by Gasteiger charge is -2.09. The van der Waals surface area contributed by atoms with Crippen LogP contribution in [0, 0.1) is 0 Å². The van der Waals surface area contributed by atoms with Crippen LogP contribution in [0.25, 0.3) is 0 Å². The van der Waals surface area contributed by atoms with E-state index in [0.717, 1.165) is 44.9 Å². The second-order valence-corrected chi connectivity index (χ2v) is 7.16. The van der Waals surface area contributed by atoms with Crippen LogP contribution in [0.2, 0.25) is 0 Å². The zero-order valence-electron chi connectivity index (χ0n) is 17.8. The number of aliphatic hydroxyl groups excluding tert-OH is 1. The largest absolute Gasteiger partial charge is 0.394 e. The lowest BCUT2D eigenvalue weighted by Crippen LogP contribution is -2.34. The SMILES string of the molecule is C[C@H](CO)NC(=O)CCC/C=C\C/C=C\C/C=C\C/C=C\CCc1ccccc1. The number of hydrogen-bond donors (Lipinski definition) is 2. The van der Waals surface area contributed by atoms with Gasteiger partial charge in [-0.15, -0.1) is 0 Å². The molecule has 0 aliphatic heterocycles. The van der Waals surface area contributed by atoms with Gasteiger partial charge in [0, 0.05) is 12.5 Å². The fourth-order valence-corrected chi connectivity index (χ4v) is 2.72. The van der Waals surface area contributed by atoms with E-state index in [1.807, 2.05) is 0 Å². The minimum atomic E-state index is -0.159. The highest BCUT2D eigenvalue weighted by Gasteiger charge is 2.04. The number of unbranched alkanes of at least 4 members (excludes halogenated alkanes) is 1. The summed E-state index contributed by atoms with van der Waals surface area (Å²) in [4.78, 5) is 11.5. The highest BCUT2D eigenvalue weighted by Crippen LogP contribution is 2.03. The quantitative estimate of drug-likeness (QED) is 0.296. The van der Waals surface area contributed by atoms with E-state index in [0.29, 0.717) is 6.42 Å². The third-order valence-electron chi connectivity index (χ3n) is 4.38. The van der Waals surface area contributed by atoms with Gasteiger partial charge in [-0.3, -0.25) is 4.79 Å². The highest BCUT2D eigenvalue weighted by molar-refractivity contribution is 5.76. The molecule has 158 valence electrons. The van der Waals surface area contributed by atoms with Crippen molar-refractivity contribution in [1.29, 1.82) is 0 Å². The summed E-state index contributed by atoms with van der Waals surface area (Å²) in [6, 6.07) is 10.4. The molecule has 1 aromatic carbocycles. The Morgan fingerprint density at radius 2 is 1.45 bits per heavy atom. The third-order valence-corrected chi connectivity index (χ3v) is 4.38. The Bertz CT molecular complexity index is 644. The molecule has 0 unspecified atom stereocenters. The Kier molecular flexibility index (Phi) is 15.0. The van der Waals surface area contributed by atoms with Gasteiger partial charge in [-0.1, -0.05) is 78.9 Å². The number of amides is 1. The van der Waals surface area contributed by atoms with Gasteiger partial charge in [0.1, 0.15) is 0 Å². The molecule has 1 aromatic rings. The molecule has 0 bridgehead atoms. The molecule has 3 heteroatoms. The Hall–Kier alpha value is -2.39. The maximum Gasteiger partial charge on any atom is 0.220 e. The van der Waals surface area contributed by atoms with Crippen molar-refractivity contribution in [2.75, 3.05) is 6.61 Å². The monoisotopic (exact) mass is 395 g/mol. The molecular formula is C26H37NO2. The van der Waals surface area contributed by atoms with Crippen molar-refractivity contribution >= 4 is 5.91 Å². The van der Waals surface area contributed by atoms with Crippen LogP contribution in [0.5, 0.6) is 0 Å². The van der Waals surface area contributed by atoms with Crippen molar-refractivity contribution < 1.29 is 9.90 Å². The second-order valence-electron chi connectivity index (χ2n) is 7.16. The van der Waals surface area contributed by atoms with Gasteiger partial charge in [0.15, 0.2) is 0 Å². The summed E-state index contributed by atoms with van der Waals surface area (Å²) in [7, 11) is 0. The molecule has 1 amide bonds. The maximum absolute atomic E-state index is 11.5. The van der Waals surface area contributed by atoms with Crippen LogP contribution in [0.3, 0.4) is 0 Å². The van der Waals surface area contributed by atoms with Crippen LogP contribution in [-0.4, -0.2) is 23.7 Å². The van der Waals surface area contributed by atoms with E-state index < -0.39 is 0 Å². The molecule has 29 heavy (non-hydrogen) atoms. The van der Waals surface area contributed by atoms with Gasteiger partial charge in [0.25, 0.3) is 0 Å². The topological polar surface area (TPSA) is 49.3 Å². The van der Waals surface area contributed by atoms with Crippen LogP contribution in [-0.2, 0) is 11.2 Å². The molecule has 0 aliphatic carbocycles. The minimum absolute atomic E-state index is 0.0117. The Labute approximate surface area is 176 Å². The van der Waals surface area contributed by atoms with Gasteiger partial charge in [-0.05, 0) is 57.4 Å². The van der Waals surface area contributed by atoms with E-state index >= 15 is 0 Å². The van der Waals surface area contributed by atoms with Crippen molar-refractivity contribution in [2.45, 2.75) is 64.3 Å². The smallest absolute Gasteiger partial charge is 0.220 e. The molecule has 0 heterocycles. The number of carbonyl (C=O) groups is 1. The molecule has 0 spiro atoms. The van der Waals surface area contributed by atoms with Crippen molar-refractivity contribution in [3.63, 3.8) is 0 Å². The standard InChI is InChI=1S/C26H37NO2/c1-24(23-28)27-26(29)22-18-13-11-9-7-5-3-2-4-6-8-10-12-15-19-25-20-16-14-17-21-25/h3-6,9-12,14,16-17,20-21,24,28H,2,7-8,13,15,18-19,22-23H2,1H3,(H,27,29)/b5-3-,6-4-,11-9-,12-10-/t24-/m1/s1. The van der Waals surface area contributed by atoms with Gasteiger partial charge in [0.05, 0.1) is 6.61 Å². The summed E-state index contributed by atoms with van der Waals surface area (Å²) in [6.07, 6.45) is 24.9. The van der Waals surface area contributed by atoms with Gasteiger partial charge in [-0.25, -0.2) is 0 Å². The second kappa shape index (κ2) is 17.7. The van der Waals surface area contributed by atoms with Crippen LogP contribution in [0.15, 0.2) is 78.9 Å². The average molecular weight is 396 g/mol. The minimum Gasteiger partial charge on any atom is -0.394 e. The van der Waals surface area contributed by atoms with E-state index in [1.54, 1.807) is 6.92 Å². The van der Waals surface area contributed by atoms with E-state index in [4.69, 9.17) is 5.11 Å². The summed E-state index contributed by atoms with van der Waals surface area (Å²) in [6.45, 7) is 1.78. The molecule has 0 saturated carbocycles. The van der Waals surface area contributed by atoms with Crippen LogP contribution in [0.4, 0.5) is 0 Å². The molecule has 0 aromatic heterocycles. The van der Waals surface area contributed by atoms with Crippen molar-refractivity contribution in [3.05, 3.63) is 84.5 Å². The number of aryl methyl sites for hydroxylation is 1. The molecule has 0 saturated heterocycles. The molecule has 0 fully saturated rings. The van der Waals surface area contributed by atoms with Crippen molar-refractivity contribution in [3.8, 4) is 0 Å². The molecule has 3 nitrogen and oxygen atoms in total. The number of allylic oxidation sites excluding steroid dienone is 8. The lowest BCUT2D eigenvalue weighted by molar-refractivity contribution is -0.122. The van der Waals surface area contributed by atoms with E-state index in [2.05, 4.69) is 84.3 Å². The van der Waals surface area contributed by atoms with Crippen LogP contribution >= 0.6 is 0 Å². The first kappa shape index (κ1) is 24.6. The molecule has 0 aliphatic rings. The Morgan fingerprint density at radius 3 is 2.03 bits per heavy atom. The number of rotatable bonds is 15. The number of hydrogen-bond acceptors (Lipinski definition) is 2. The molecule has 2 N–H and O–H groups in total. The van der Waals surface area contributed by atoms with Gasteiger partial charge in [-0.2, -0.15) is 0 Å². The van der Waals surface area contributed by atoms with Crippen LogP contribution < -0.4 is 5.32 Å². The maximum atomic E-state index is 11.5. The fraction of sp³-hybridized carbons (Fsp3) is 0.423. The molecular weight excluding hydrogens is 358 g/mol.